The molecule has 1 atom stereocenters. The lowest BCUT2D eigenvalue weighted by Gasteiger charge is -2.25. The lowest BCUT2D eigenvalue weighted by molar-refractivity contribution is -0.242. The summed E-state index contributed by atoms with van der Waals surface area (Å²) in [5.74, 6) is -1.74. The van der Waals surface area contributed by atoms with Crippen LogP contribution in [0.3, 0.4) is 0 Å². The molecule has 1 aromatic carbocycles. The zero-order valence-corrected chi connectivity index (χ0v) is 16.8. The molecular formula is C16H22ClF3N2O4S. The molecule has 1 amide bonds. The summed E-state index contributed by atoms with van der Waals surface area (Å²) in [5, 5.41) is 10.9. The molecule has 27 heavy (non-hydrogen) atoms. The summed E-state index contributed by atoms with van der Waals surface area (Å²) in [6, 6.07) is 3.13. The molecule has 0 radical (unpaired) electrons. The first-order valence-corrected chi connectivity index (χ1v) is 9.73. The normalized spacial score (nSPS) is 15.3. The number of hydrogen-bond donors (Lipinski definition) is 3. The first-order chi connectivity index (χ1) is 12.0. The van der Waals surface area contributed by atoms with Crippen molar-refractivity contribution < 1.29 is 31.5 Å². The van der Waals surface area contributed by atoms with Crippen LogP contribution < -0.4 is 10.0 Å². The van der Waals surface area contributed by atoms with Gasteiger partial charge in [0, 0.05) is 6.54 Å². The Kier molecular flexibility index (Phi) is 6.96. The molecule has 0 aliphatic carbocycles. The maximum Gasteiger partial charge on any atom is 0.426 e. The first kappa shape index (κ1) is 23.7. The summed E-state index contributed by atoms with van der Waals surface area (Å²) < 4.78 is 64.9. The fraction of sp³-hybridized carbons (Fsp3) is 0.562. The second-order valence-electron chi connectivity index (χ2n) is 7.37. The summed E-state index contributed by atoms with van der Waals surface area (Å²) in [6.07, 6.45) is -4.61. The number of halogens is 4. The zero-order chi connectivity index (χ0) is 21.3. The van der Waals surface area contributed by atoms with Crippen LogP contribution in [0.5, 0.6) is 0 Å². The molecule has 0 aliphatic rings. The van der Waals surface area contributed by atoms with E-state index in [1.54, 1.807) is 0 Å². The van der Waals surface area contributed by atoms with Gasteiger partial charge in [0.1, 0.15) is 0 Å². The Hall–Kier alpha value is -1.36. The minimum atomic E-state index is -5.19. The van der Waals surface area contributed by atoms with Gasteiger partial charge in [0.05, 0.1) is 15.6 Å². The Balaban J connectivity index is 2.95. The predicted octanol–water partition coefficient (Wildman–Crippen LogP) is 3.31. The Bertz CT molecular complexity index is 803. The summed E-state index contributed by atoms with van der Waals surface area (Å²) >= 11 is 5.88. The average molecular weight is 431 g/mol. The molecule has 154 valence electrons. The molecular weight excluding hydrogens is 409 g/mol. The van der Waals surface area contributed by atoms with Gasteiger partial charge in [-0.2, -0.15) is 13.2 Å². The summed E-state index contributed by atoms with van der Waals surface area (Å²) in [6.45, 7) is 6.34. The van der Waals surface area contributed by atoms with Crippen molar-refractivity contribution in [2.24, 2.45) is 5.41 Å². The highest BCUT2D eigenvalue weighted by molar-refractivity contribution is 7.89. The fourth-order valence-corrected chi connectivity index (χ4v) is 3.13. The Morgan fingerprint density at radius 2 is 1.74 bits per heavy atom. The van der Waals surface area contributed by atoms with Gasteiger partial charge in [-0.15, -0.1) is 0 Å². The Morgan fingerprint density at radius 1 is 1.19 bits per heavy atom. The number of anilines is 1. The SMILES string of the molecule is CC(C)(C)CCNS(=O)(=O)c1ccc(NC(=O)[C@@](C)(O)C(F)(F)F)c(Cl)c1. The molecule has 0 unspecified atom stereocenters. The Morgan fingerprint density at radius 3 is 2.19 bits per heavy atom. The third-order valence-corrected chi connectivity index (χ3v) is 5.43. The molecule has 0 fully saturated rings. The average Bonchev–Trinajstić information content (AvgIpc) is 2.46. The second-order valence-corrected chi connectivity index (χ2v) is 9.55. The van der Waals surface area contributed by atoms with Crippen molar-refractivity contribution in [1.29, 1.82) is 0 Å². The van der Waals surface area contributed by atoms with E-state index in [2.05, 4.69) is 4.72 Å². The first-order valence-electron chi connectivity index (χ1n) is 7.87. The van der Waals surface area contributed by atoms with Gasteiger partial charge in [-0.1, -0.05) is 32.4 Å². The Labute approximate surface area is 161 Å². The molecule has 0 saturated carbocycles. The van der Waals surface area contributed by atoms with Crippen LogP contribution in [-0.2, 0) is 14.8 Å². The van der Waals surface area contributed by atoms with E-state index in [1.165, 1.54) is 0 Å². The monoisotopic (exact) mass is 430 g/mol. The fourth-order valence-electron chi connectivity index (χ4n) is 1.78. The molecule has 0 bridgehead atoms. The molecule has 1 rings (SSSR count). The van der Waals surface area contributed by atoms with E-state index < -0.39 is 27.7 Å². The second kappa shape index (κ2) is 7.94. The van der Waals surface area contributed by atoms with Crippen LogP contribution in [0.2, 0.25) is 5.02 Å². The lowest BCUT2D eigenvalue weighted by atomic mass is 9.93. The van der Waals surface area contributed by atoms with E-state index in [4.69, 9.17) is 11.6 Å². The molecule has 0 spiro atoms. The van der Waals surface area contributed by atoms with Gasteiger partial charge in [-0.3, -0.25) is 4.79 Å². The van der Waals surface area contributed by atoms with Crippen LogP contribution >= 0.6 is 11.6 Å². The molecule has 6 nitrogen and oxygen atoms in total. The van der Waals surface area contributed by atoms with Crippen LogP contribution in [0, 0.1) is 5.41 Å². The highest BCUT2D eigenvalue weighted by Gasteiger charge is 2.55. The van der Waals surface area contributed by atoms with E-state index in [0.29, 0.717) is 13.3 Å². The molecule has 1 aromatic rings. The van der Waals surface area contributed by atoms with Gasteiger partial charge in [0.25, 0.3) is 5.91 Å². The van der Waals surface area contributed by atoms with Crippen LogP contribution in [-0.4, -0.2) is 37.8 Å². The highest BCUT2D eigenvalue weighted by atomic mass is 35.5. The van der Waals surface area contributed by atoms with Crippen LogP contribution in [0.1, 0.15) is 34.1 Å². The largest absolute Gasteiger partial charge is 0.426 e. The molecule has 0 aromatic heterocycles. The third-order valence-electron chi connectivity index (χ3n) is 3.66. The number of nitrogens with one attached hydrogen (secondary N) is 2. The number of alkyl halides is 3. The predicted molar refractivity (Wildman–Crippen MR) is 96.0 cm³/mol. The molecule has 11 heteroatoms. The van der Waals surface area contributed by atoms with Crippen molar-refractivity contribution in [1.82, 2.24) is 4.72 Å². The number of aliphatic hydroxyl groups is 1. The highest BCUT2D eigenvalue weighted by Crippen LogP contribution is 2.32. The quantitative estimate of drug-likeness (QED) is 0.645. The van der Waals surface area contributed by atoms with Gasteiger partial charge in [-0.25, -0.2) is 13.1 Å². The maximum atomic E-state index is 12.7. The van der Waals surface area contributed by atoms with Gasteiger partial charge in [-0.05, 0) is 37.0 Å². The van der Waals surface area contributed by atoms with Crippen molar-refractivity contribution in [3.05, 3.63) is 23.2 Å². The van der Waals surface area contributed by atoms with Gasteiger partial charge < -0.3 is 10.4 Å². The van der Waals surface area contributed by atoms with Crippen LogP contribution in [0.4, 0.5) is 18.9 Å². The van der Waals surface area contributed by atoms with Crippen molar-refractivity contribution in [3.8, 4) is 0 Å². The number of carbonyl (C=O) groups is 1. The van der Waals surface area contributed by atoms with Gasteiger partial charge >= 0.3 is 6.18 Å². The number of sulfonamides is 1. The van der Waals surface area contributed by atoms with E-state index in [0.717, 1.165) is 18.2 Å². The van der Waals surface area contributed by atoms with E-state index in [-0.39, 0.29) is 27.6 Å². The van der Waals surface area contributed by atoms with Crippen molar-refractivity contribution in [2.45, 2.75) is 50.8 Å². The van der Waals surface area contributed by atoms with Crippen LogP contribution in [0.25, 0.3) is 0 Å². The third kappa shape index (κ3) is 6.34. The summed E-state index contributed by atoms with van der Waals surface area (Å²) in [7, 11) is -3.88. The number of benzene rings is 1. The number of carbonyl (C=O) groups excluding carboxylic acids is 1. The van der Waals surface area contributed by atoms with Gasteiger partial charge in [0.15, 0.2) is 0 Å². The van der Waals surface area contributed by atoms with Crippen LogP contribution in [0.15, 0.2) is 23.1 Å². The van der Waals surface area contributed by atoms with E-state index in [1.807, 2.05) is 26.1 Å². The molecule has 0 heterocycles. The molecule has 0 saturated heterocycles. The van der Waals surface area contributed by atoms with Crippen molar-refractivity contribution in [3.63, 3.8) is 0 Å². The minimum absolute atomic E-state index is 0.0796. The molecule has 0 aliphatic heterocycles. The van der Waals surface area contributed by atoms with E-state index >= 15 is 0 Å². The maximum absolute atomic E-state index is 12.7. The molecule has 3 N–H and O–H groups in total. The summed E-state index contributed by atoms with van der Waals surface area (Å²) in [5.41, 5.74) is -3.97. The standard InChI is InChI=1S/C16H22ClF3N2O4S/c1-14(2,3)7-8-21-27(25,26)10-5-6-12(11(17)9-10)22-13(23)15(4,24)16(18,19)20/h5-6,9,21,24H,7-8H2,1-4H3,(H,22,23)/t15-/m1/s1. The van der Waals surface area contributed by atoms with Gasteiger partial charge in [0.2, 0.25) is 15.6 Å². The minimum Gasteiger partial charge on any atom is -0.373 e. The lowest BCUT2D eigenvalue weighted by Crippen LogP contribution is -2.52. The number of rotatable bonds is 6. The smallest absolute Gasteiger partial charge is 0.373 e. The van der Waals surface area contributed by atoms with E-state index in [9.17, 15) is 31.5 Å². The van der Waals surface area contributed by atoms with Crippen molar-refractivity contribution in [2.75, 3.05) is 11.9 Å². The zero-order valence-electron chi connectivity index (χ0n) is 15.2. The van der Waals surface area contributed by atoms with Crippen molar-refractivity contribution >= 4 is 33.2 Å². The number of hydrogen-bond acceptors (Lipinski definition) is 4. The topological polar surface area (TPSA) is 95.5 Å². The number of amides is 1. The summed E-state index contributed by atoms with van der Waals surface area (Å²) in [4.78, 5) is 11.5.